The first-order chi connectivity index (χ1) is 6.02. The summed E-state index contributed by atoms with van der Waals surface area (Å²) >= 11 is 0. The van der Waals surface area contributed by atoms with Crippen LogP contribution in [-0.2, 0) is 14.3 Å². The van der Waals surface area contributed by atoms with Gasteiger partial charge in [-0.05, 0) is 32.3 Å². The number of carbonyl (C=O) groups is 2. The van der Waals surface area contributed by atoms with Crippen molar-refractivity contribution in [3.8, 4) is 0 Å². The number of methoxy groups -OCH3 is 1. The van der Waals surface area contributed by atoms with Gasteiger partial charge in [0.1, 0.15) is 5.41 Å². The van der Waals surface area contributed by atoms with Gasteiger partial charge in [0, 0.05) is 0 Å². The summed E-state index contributed by atoms with van der Waals surface area (Å²) in [4.78, 5) is 23.1. The molecule has 0 fully saturated rings. The summed E-state index contributed by atoms with van der Waals surface area (Å²) in [5.41, 5.74) is -0.285. The maximum Gasteiger partial charge on any atom is 0.319 e. The molecule has 0 bridgehead atoms. The van der Waals surface area contributed by atoms with Gasteiger partial charge in [-0.15, -0.1) is 0 Å². The molecule has 3 nitrogen and oxygen atoms in total. The second kappa shape index (κ2) is 3.32. The Morgan fingerprint density at radius 2 is 2.23 bits per heavy atom. The lowest BCUT2D eigenvalue weighted by Gasteiger charge is -2.28. The van der Waals surface area contributed by atoms with Gasteiger partial charge in [0.05, 0.1) is 7.11 Å². The molecule has 0 unspecified atom stereocenters. The standard InChI is InChI=1S/C10H14O3/c1-7-5-4-6-10(2,8(7)11)9(12)13-3/h5H,4,6H2,1-3H3/t10-/m0/s1. The second-order valence-corrected chi connectivity index (χ2v) is 3.58. The summed E-state index contributed by atoms with van der Waals surface area (Å²) in [6.45, 7) is 3.39. The van der Waals surface area contributed by atoms with E-state index < -0.39 is 11.4 Å². The fourth-order valence-electron chi connectivity index (χ4n) is 1.64. The minimum Gasteiger partial charge on any atom is -0.468 e. The summed E-state index contributed by atoms with van der Waals surface area (Å²) < 4.78 is 4.62. The molecule has 72 valence electrons. The van der Waals surface area contributed by atoms with Gasteiger partial charge in [0.25, 0.3) is 0 Å². The van der Waals surface area contributed by atoms with Crippen LogP contribution in [0.3, 0.4) is 0 Å². The summed E-state index contributed by atoms with van der Waals surface area (Å²) in [5.74, 6) is -0.532. The van der Waals surface area contributed by atoms with Gasteiger partial charge < -0.3 is 4.74 Å². The number of ketones is 1. The minimum atomic E-state index is -0.951. The molecule has 0 aromatic carbocycles. The van der Waals surface area contributed by atoms with Gasteiger partial charge in [0.2, 0.25) is 0 Å². The van der Waals surface area contributed by atoms with E-state index in [0.717, 1.165) is 6.42 Å². The number of ether oxygens (including phenoxy) is 1. The van der Waals surface area contributed by atoms with Crippen molar-refractivity contribution in [2.75, 3.05) is 7.11 Å². The van der Waals surface area contributed by atoms with Crippen molar-refractivity contribution in [1.29, 1.82) is 0 Å². The molecule has 0 aliphatic heterocycles. The third kappa shape index (κ3) is 1.50. The maximum absolute atomic E-state index is 11.7. The van der Waals surface area contributed by atoms with Gasteiger partial charge in [-0.2, -0.15) is 0 Å². The molecular weight excluding hydrogens is 168 g/mol. The lowest BCUT2D eigenvalue weighted by Crippen LogP contribution is -2.39. The average Bonchev–Trinajstić information content (AvgIpc) is 2.13. The second-order valence-electron chi connectivity index (χ2n) is 3.58. The lowest BCUT2D eigenvalue weighted by atomic mass is 9.75. The fraction of sp³-hybridized carbons (Fsp3) is 0.600. The highest BCUT2D eigenvalue weighted by Gasteiger charge is 2.43. The van der Waals surface area contributed by atoms with E-state index in [4.69, 9.17) is 0 Å². The summed E-state index contributed by atoms with van der Waals surface area (Å²) in [5, 5.41) is 0. The molecule has 1 aliphatic carbocycles. The molecule has 0 aromatic rings. The zero-order valence-corrected chi connectivity index (χ0v) is 8.22. The van der Waals surface area contributed by atoms with E-state index in [9.17, 15) is 9.59 Å². The minimum absolute atomic E-state index is 0.106. The number of carbonyl (C=O) groups excluding carboxylic acids is 2. The van der Waals surface area contributed by atoms with Crippen LogP contribution in [0.1, 0.15) is 26.7 Å². The van der Waals surface area contributed by atoms with Gasteiger partial charge in [-0.3, -0.25) is 9.59 Å². The van der Waals surface area contributed by atoms with E-state index in [1.807, 2.05) is 6.08 Å². The average molecular weight is 182 g/mol. The molecule has 3 heteroatoms. The summed E-state index contributed by atoms with van der Waals surface area (Å²) in [7, 11) is 1.31. The van der Waals surface area contributed by atoms with Gasteiger partial charge >= 0.3 is 5.97 Å². The van der Waals surface area contributed by atoms with Crippen LogP contribution in [0, 0.1) is 5.41 Å². The highest BCUT2D eigenvalue weighted by atomic mass is 16.5. The van der Waals surface area contributed by atoms with Crippen LogP contribution >= 0.6 is 0 Å². The SMILES string of the molecule is COC(=O)[C@@]1(C)CCC=C(C)C1=O. The molecule has 1 aliphatic rings. The van der Waals surface area contributed by atoms with Crippen LogP contribution in [-0.4, -0.2) is 18.9 Å². The van der Waals surface area contributed by atoms with Crippen LogP contribution in [0.4, 0.5) is 0 Å². The topological polar surface area (TPSA) is 43.4 Å². The smallest absolute Gasteiger partial charge is 0.319 e. The van der Waals surface area contributed by atoms with E-state index >= 15 is 0 Å². The fourth-order valence-corrected chi connectivity index (χ4v) is 1.64. The predicted octanol–water partition coefficient (Wildman–Crippen LogP) is 1.47. The molecule has 13 heavy (non-hydrogen) atoms. The zero-order valence-electron chi connectivity index (χ0n) is 8.22. The first kappa shape index (κ1) is 9.96. The summed E-state index contributed by atoms with van der Waals surface area (Å²) in [6, 6.07) is 0. The molecule has 0 saturated heterocycles. The van der Waals surface area contributed by atoms with Gasteiger partial charge in [-0.25, -0.2) is 0 Å². The molecule has 1 atom stereocenters. The Labute approximate surface area is 77.8 Å². The molecule has 0 amide bonds. The monoisotopic (exact) mass is 182 g/mol. The van der Waals surface area contributed by atoms with Crippen molar-refractivity contribution in [3.63, 3.8) is 0 Å². The lowest BCUT2D eigenvalue weighted by molar-refractivity contribution is -0.156. The molecule has 1 rings (SSSR count). The number of esters is 1. The summed E-state index contributed by atoms with van der Waals surface area (Å²) in [6.07, 6.45) is 3.19. The van der Waals surface area contributed by atoms with Crippen LogP contribution in [0.25, 0.3) is 0 Å². The third-order valence-electron chi connectivity index (χ3n) is 2.59. The molecule has 0 aromatic heterocycles. The highest BCUT2D eigenvalue weighted by molar-refractivity contribution is 6.12. The van der Waals surface area contributed by atoms with Crippen molar-refractivity contribution in [3.05, 3.63) is 11.6 Å². The number of hydrogen-bond acceptors (Lipinski definition) is 3. The normalized spacial score (nSPS) is 28.2. The molecule has 0 N–H and O–H groups in total. The van der Waals surface area contributed by atoms with Crippen molar-refractivity contribution in [2.45, 2.75) is 26.7 Å². The van der Waals surface area contributed by atoms with E-state index in [1.165, 1.54) is 7.11 Å². The quantitative estimate of drug-likeness (QED) is 0.455. The van der Waals surface area contributed by atoms with Crippen LogP contribution in [0.5, 0.6) is 0 Å². The molecule has 0 saturated carbocycles. The van der Waals surface area contributed by atoms with Crippen molar-refractivity contribution in [2.24, 2.45) is 5.41 Å². The zero-order chi connectivity index (χ0) is 10.1. The number of hydrogen-bond donors (Lipinski definition) is 0. The Balaban J connectivity index is 2.99. The molecule has 0 heterocycles. The third-order valence-corrected chi connectivity index (χ3v) is 2.59. The van der Waals surface area contributed by atoms with Gasteiger partial charge in [-0.1, -0.05) is 6.08 Å². The molecule has 0 spiro atoms. The Hall–Kier alpha value is -1.12. The maximum atomic E-state index is 11.7. The van der Waals surface area contributed by atoms with Crippen molar-refractivity contribution in [1.82, 2.24) is 0 Å². The van der Waals surface area contributed by atoms with E-state index in [0.29, 0.717) is 12.0 Å². The molecule has 0 radical (unpaired) electrons. The number of rotatable bonds is 1. The van der Waals surface area contributed by atoms with E-state index in [1.54, 1.807) is 13.8 Å². The van der Waals surface area contributed by atoms with Crippen LogP contribution in [0.15, 0.2) is 11.6 Å². The van der Waals surface area contributed by atoms with Crippen molar-refractivity contribution >= 4 is 11.8 Å². The van der Waals surface area contributed by atoms with E-state index in [2.05, 4.69) is 4.74 Å². The van der Waals surface area contributed by atoms with E-state index in [-0.39, 0.29) is 5.78 Å². The Kier molecular flexibility index (Phi) is 2.55. The van der Waals surface area contributed by atoms with Gasteiger partial charge in [0.15, 0.2) is 5.78 Å². The van der Waals surface area contributed by atoms with Crippen LogP contribution in [0.2, 0.25) is 0 Å². The Morgan fingerprint density at radius 3 is 2.77 bits per heavy atom. The van der Waals surface area contributed by atoms with Crippen molar-refractivity contribution < 1.29 is 14.3 Å². The highest BCUT2D eigenvalue weighted by Crippen LogP contribution is 2.33. The first-order valence-corrected chi connectivity index (χ1v) is 4.32. The number of Topliss-reactive ketones (excluding diaryl/α,β-unsaturated/α-hetero) is 1. The number of allylic oxidation sites excluding steroid dienone is 2. The Morgan fingerprint density at radius 1 is 1.62 bits per heavy atom. The first-order valence-electron chi connectivity index (χ1n) is 4.32. The molecular formula is C10H14O3. The predicted molar refractivity (Wildman–Crippen MR) is 48.1 cm³/mol. The largest absolute Gasteiger partial charge is 0.468 e. The Bertz CT molecular complexity index is 278. The van der Waals surface area contributed by atoms with Crippen LogP contribution < -0.4 is 0 Å².